The third-order valence-electron chi connectivity index (χ3n) is 5.23. The summed E-state index contributed by atoms with van der Waals surface area (Å²) in [4.78, 5) is 23.7. The van der Waals surface area contributed by atoms with E-state index in [2.05, 4.69) is 21.3 Å². The van der Waals surface area contributed by atoms with Crippen molar-refractivity contribution in [2.24, 2.45) is 22.9 Å². The summed E-state index contributed by atoms with van der Waals surface area (Å²) < 4.78 is 0. The summed E-state index contributed by atoms with van der Waals surface area (Å²) in [5, 5.41) is 12.6. The van der Waals surface area contributed by atoms with Crippen molar-refractivity contribution in [3.63, 3.8) is 0 Å². The Bertz CT molecular complexity index is 414. The lowest BCUT2D eigenvalue weighted by Crippen LogP contribution is -2.41. The highest BCUT2D eigenvalue weighted by molar-refractivity contribution is 5.81. The highest BCUT2D eigenvalue weighted by Gasteiger charge is 2.12. The normalized spacial score (nSPS) is 13.0. The molecule has 0 aliphatic carbocycles. The fraction of sp³-hybridized carbons (Fsp3) is 0.909. The Morgan fingerprint density at radius 2 is 0.906 bits per heavy atom. The van der Waals surface area contributed by atoms with E-state index in [-0.39, 0.29) is 11.8 Å². The number of unbranched alkanes of at least 4 members (excludes halogenated alkanes) is 3. The summed E-state index contributed by atoms with van der Waals surface area (Å²) in [5.74, 6) is -0.143. The van der Waals surface area contributed by atoms with Crippen LogP contribution in [0.15, 0.2) is 0 Å². The maximum Gasteiger partial charge on any atom is 0.236 e. The summed E-state index contributed by atoms with van der Waals surface area (Å²) in [6.07, 6.45) is 8.95. The number of amides is 2. The monoisotopic (exact) mass is 458 g/mol. The minimum atomic E-state index is -0.428. The first kappa shape index (κ1) is 30.7. The van der Waals surface area contributed by atoms with Crippen LogP contribution in [-0.2, 0) is 9.59 Å². The zero-order chi connectivity index (χ0) is 23.9. The first-order valence-electron chi connectivity index (χ1n) is 12.4. The van der Waals surface area contributed by atoms with Gasteiger partial charge in [0.25, 0.3) is 0 Å². The lowest BCUT2D eigenvalue weighted by atomic mass is 10.1. The highest BCUT2D eigenvalue weighted by atomic mass is 16.2. The SMILES string of the molecule is NCCCC[C@H](N)C(=O)NCCCNCCCCNCCCNC(=O)[C@@H](N)CCCCN. The largest absolute Gasteiger partial charge is 0.355 e. The smallest absolute Gasteiger partial charge is 0.236 e. The number of hydrogen-bond donors (Lipinski definition) is 8. The number of nitrogens with two attached hydrogens (primary N) is 4. The van der Waals surface area contributed by atoms with Crippen LogP contribution in [0, 0.1) is 0 Å². The molecule has 10 nitrogen and oxygen atoms in total. The van der Waals surface area contributed by atoms with E-state index in [0.29, 0.717) is 39.0 Å². The number of nitrogens with one attached hydrogen (secondary N) is 4. The molecule has 12 N–H and O–H groups in total. The molecule has 2 atom stereocenters. The van der Waals surface area contributed by atoms with E-state index in [1.165, 1.54) is 0 Å². The average Bonchev–Trinajstić information content (AvgIpc) is 2.79. The number of carbonyl (C=O) groups is 2. The van der Waals surface area contributed by atoms with Crippen molar-refractivity contribution in [2.45, 2.75) is 76.3 Å². The van der Waals surface area contributed by atoms with Crippen LogP contribution in [0.25, 0.3) is 0 Å². The predicted octanol–water partition coefficient (Wildman–Crippen LogP) is -1.13. The highest BCUT2D eigenvalue weighted by Crippen LogP contribution is 1.98. The van der Waals surface area contributed by atoms with Crippen LogP contribution >= 0.6 is 0 Å². The summed E-state index contributed by atoms with van der Waals surface area (Å²) >= 11 is 0. The van der Waals surface area contributed by atoms with Gasteiger partial charge in [-0.2, -0.15) is 0 Å². The second-order valence-corrected chi connectivity index (χ2v) is 8.28. The minimum Gasteiger partial charge on any atom is -0.355 e. The number of hydrogen-bond acceptors (Lipinski definition) is 8. The molecule has 0 aromatic rings. The van der Waals surface area contributed by atoms with E-state index in [4.69, 9.17) is 22.9 Å². The van der Waals surface area contributed by atoms with Crippen molar-refractivity contribution in [3.8, 4) is 0 Å². The maximum atomic E-state index is 11.8. The van der Waals surface area contributed by atoms with Gasteiger partial charge < -0.3 is 44.2 Å². The van der Waals surface area contributed by atoms with Gasteiger partial charge >= 0.3 is 0 Å². The van der Waals surface area contributed by atoms with E-state index in [1.807, 2.05) is 0 Å². The molecule has 0 unspecified atom stereocenters. The van der Waals surface area contributed by atoms with Crippen LogP contribution in [0.1, 0.15) is 64.2 Å². The van der Waals surface area contributed by atoms with Gasteiger partial charge in [-0.25, -0.2) is 0 Å². The van der Waals surface area contributed by atoms with E-state index in [0.717, 1.165) is 77.5 Å². The Morgan fingerprint density at radius 3 is 1.28 bits per heavy atom. The van der Waals surface area contributed by atoms with Crippen molar-refractivity contribution in [3.05, 3.63) is 0 Å². The molecular weight excluding hydrogens is 408 g/mol. The zero-order valence-corrected chi connectivity index (χ0v) is 20.0. The van der Waals surface area contributed by atoms with Crippen LogP contribution in [0.2, 0.25) is 0 Å². The third-order valence-corrected chi connectivity index (χ3v) is 5.23. The van der Waals surface area contributed by atoms with Gasteiger partial charge in [-0.1, -0.05) is 12.8 Å². The molecule has 0 heterocycles. The van der Waals surface area contributed by atoms with Gasteiger partial charge in [0.2, 0.25) is 11.8 Å². The molecule has 0 aliphatic heterocycles. The van der Waals surface area contributed by atoms with Crippen molar-refractivity contribution >= 4 is 11.8 Å². The maximum absolute atomic E-state index is 11.8. The number of carbonyl (C=O) groups excluding carboxylic acids is 2. The molecule has 0 aliphatic rings. The molecule has 0 aromatic carbocycles. The Kier molecular flexibility index (Phi) is 21.9. The molecular formula is C22H50N8O2. The van der Waals surface area contributed by atoms with Gasteiger partial charge in [-0.15, -0.1) is 0 Å². The van der Waals surface area contributed by atoms with E-state index < -0.39 is 12.1 Å². The fourth-order valence-electron chi connectivity index (χ4n) is 3.14. The van der Waals surface area contributed by atoms with Crippen LogP contribution in [0.5, 0.6) is 0 Å². The van der Waals surface area contributed by atoms with Crippen LogP contribution in [-0.4, -0.2) is 76.3 Å². The van der Waals surface area contributed by atoms with Crippen LogP contribution < -0.4 is 44.2 Å². The molecule has 32 heavy (non-hydrogen) atoms. The average molecular weight is 459 g/mol. The van der Waals surface area contributed by atoms with Gasteiger partial charge in [0.05, 0.1) is 12.1 Å². The second-order valence-electron chi connectivity index (χ2n) is 8.28. The standard InChI is InChI=1S/C22H50N8O2/c23-11-3-1-9-19(25)21(31)29-17-7-15-27-13-5-6-14-28-16-8-18-30-22(32)20(26)10-2-4-12-24/h19-20,27-28H,1-18,23-26H2,(H,29,31)(H,30,32)/t19-,20-/m0/s1. The summed E-state index contributed by atoms with van der Waals surface area (Å²) in [6, 6.07) is -0.857. The Labute approximate surface area is 194 Å². The van der Waals surface area contributed by atoms with Crippen molar-refractivity contribution in [2.75, 3.05) is 52.4 Å². The topological polar surface area (TPSA) is 186 Å². The lowest BCUT2D eigenvalue weighted by molar-refractivity contribution is -0.123. The van der Waals surface area contributed by atoms with Crippen LogP contribution in [0.4, 0.5) is 0 Å². The van der Waals surface area contributed by atoms with Crippen molar-refractivity contribution in [1.82, 2.24) is 21.3 Å². The molecule has 0 saturated carbocycles. The molecule has 0 aromatic heterocycles. The Morgan fingerprint density at radius 1 is 0.531 bits per heavy atom. The summed E-state index contributed by atoms with van der Waals surface area (Å²) in [6.45, 7) is 6.26. The molecule has 0 radical (unpaired) electrons. The lowest BCUT2D eigenvalue weighted by Gasteiger charge is -2.12. The Balaban J connectivity index is 3.34. The van der Waals surface area contributed by atoms with E-state index in [1.54, 1.807) is 0 Å². The molecule has 0 rings (SSSR count). The van der Waals surface area contributed by atoms with Gasteiger partial charge in [-0.05, 0) is 90.6 Å². The first-order valence-corrected chi connectivity index (χ1v) is 12.4. The predicted molar refractivity (Wildman–Crippen MR) is 132 cm³/mol. The molecule has 0 spiro atoms. The van der Waals surface area contributed by atoms with Gasteiger partial charge in [0.15, 0.2) is 0 Å². The molecule has 0 fully saturated rings. The van der Waals surface area contributed by atoms with E-state index >= 15 is 0 Å². The molecule has 190 valence electrons. The quantitative estimate of drug-likeness (QED) is 0.0883. The summed E-state index contributed by atoms with van der Waals surface area (Å²) in [5.41, 5.74) is 22.6. The molecule has 2 amide bonds. The van der Waals surface area contributed by atoms with E-state index in [9.17, 15) is 9.59 Å². The minimum absolute atomic E-state index is 0.0713. The van der Waals surface area contributed by atoms with Crippen molar-refractivity contribution < 1.29 is 9.59 Å². The fourth-order valence-corrected chi connectivity index (χ4v) is 3.14. The molecule has 0 saturated heterocycles. The first-order chi connectivity index (χ1) is 15.5. The van der Waals surface area contributed by atoms with Crippen molar-refractivity contribution in [1.29, 1.82) is 0 Å². The Hall–Kier alpha value is -1.30. The second kappa shape index (κ2) is 22.9. The number of rotatable bonds is 23. The van der Waals surface area contributed by atoms with Gasteiger partial charge in [-0.3, -0.25) is 9.59 Å². The third kappa shape index (κ3) is 19.4. The van der Waals surface area contributed by atoms with Crippen LogP contribution in [0.3, 0.4) is 0 Å². The van der Waals surface area contributed by atoms with Gasteiger partial charge in [0.1, 0.15) is 0 Å². The molecule has 10 heteroatoms. The van der Waals surface area contributed by atoms with Gasteiger partial charge in [0, 0.05) is 13.1 Å². The molecule has 0 bridgehead atoms. The summed E-state index contributed by atoms with van der Waals surface area (Å²) in [7, 11) is 0. The zero-order valence-electron chi connectivity index (χ0n) is 20.0.